The normalized spacial score (nSPS) is 17.2. The molecule has 4 rings (SSSR count). The van der Waals surface area contributed by atoms with Gasteiger partial charge in [-0.15, -0.1) is 0 Å². The van der Waals surface area contributed by atoms with E-state index >= 15 is 0 Å². The highest BCUT2D eigenvalue weighted by atomic mass is 19.1. The first-order valence-electron chi connectivity index (χ1n) is 11.3. The smallest absolute Gasteiger partial charge is 0.245 e. The van der Waals surface area contributed by atoms with Crippen LogP contribution < -0.4 is 5.32 Å². The molecule has 0 aromatic heterocycles. The number of rotatable bonds is 6. The number of halogens is 1. The summed E-state index contributed by atoms with van der Waals surface area (Å²) in [5, 5.41) is 5.14. The minimum atomic E-state index is -0.635. The van der Waals surface area contributed by atoms with E-state index in [2.05, 4.69) is 5.32 Å². The van der Waals surface area contributed by atoms with Gasteiger partial charge in [0.2, 0.25) is 11.8 Å². The van der Waals surface area contributed by atoms with Gasteiger partial charge in [0.25, 0.3) is 0 Å². The van der Waals surface area contributed by atoms with Gasteiger partial charge in [0, 0.05) is 6.54 Å². The van der Waals surface area contributed by atoms with Crippen molar-refractivity contribution in [1.82, 2.24) is 10.2 Å². The summed E-state index contributed by atoms with van der Waals surface area (Å²) >= 11 is 0. The highest BCUT2D eigenvalue weighted by Gasteiger charge is 2.32. The Bertz CT molecular complexity index is 1150. The standard InChI is InChI=1S/C27H29FN2O3/c1-18(2)26(29-25(31)15-19-10-11-20-6-3-4-7-21(20)14-19)27(32)30-12-13-33-24(17-30)22-8-5-9-23(28)16-22/h3-11,14,16,18,24,26H,12-13,15,17H2,1-2H3,(H,29,31). The summed E-state index contributed by atoms with van der Waals surface area (Å²) in [6, 6.07) is 19.6. The summed E-state index contributed by atoms with van der Waals surface area (Å²) in [6.45, 7) is 4.97. The van der Waals surface area contributed by atoms with E-state index in [-0.39, 0.29) is 36.1 Å². The van der Waals surface area contributed by atoms with Crippen LogP contribution in [0.4, 0.5) is 4.39 Å². The van der Waals surface area contributed by atoms with Gasteiger partial charge in [-0.2, -0.15) is 0 Å². The number of morpholine rings is 1. The third kappa shape index (κ3) is 5.57. The van der Waals surface area contributed by atoms with Crippen molar-refractivity contribution in [2.24, 2.45) is 5.92 Å². The molecule has 0 bridgehead atoms. The maximum Gasteiger partial charge on any atom is 0.245 e. The molecule has 6 heteroatoms. The summed E-state index contributed by atoms with van der Waals surface area (Å²) in [5.41, 5.74) is 1.60. The van der Waals surface area contributed by atoms with E-state index in [1.165, 1.54) is 12.1 Å². The summed E-state index contributed by atoms with van der Waals surface area (Å²) in [6.07, 6.45) is -0.185. The maximum absolute atomic E-state index is 13.6. The number of benzene rings is 3. The van der Waals surface area contributed by atoms with Crippen molar-refractivity contribution >= 4 is 22.6 Å². The van der Waals surface area contributed by atoms with Crippen LogP contribution in [0.3, 0.4) is 0 Å². The van der Waals surface area contributed by atoms with Crippen molar-refractivity contribution in [3.05, 3.63) is 83.7 Å². The van der Waals surface area contributed by atoms with Crippen molar-refractivity contribution in [2.75, 3.05) is 19.7 Å². The zero-order valence-corrected chi connectivity index (χ0v) is 19.0. The van der Waals surface area contributed by atoms with Crippen LogP contribution in [-0.2, 0) is 20.7 Å². The first kappa shape index (κ1) is 22.9. The molecule has 1 aliphatic rings. The fourth-order valence-corrected chi connectivity index (χ4v) is 4.23. The Morgan fingerprint density at radius 2 is 1.85 bits per heavy atom. The van der Waals surface area contributed by atoms with Crippen LogP contribution in [0, 0.1) is 11.7 Å². The minimum Gasteiger partial charge on any atom is -0.370 e. The van der Waals surface area contributed by atoms with Crippen LogP contribution in [0.25, 0.3) is 10.8 Å². The van der Waals surface area contributed by atoms with E-state index in [1.807, 2.05) is 56.3 Å². The van der Waals surface area contributed by atoms with E-state index in [9.17, 15) is 14.0 Å². The molecule has 0 radical (unpaired) electrons. The van der Waals surface area contributed by atoms with Gasteiger partial charge in [-0.25, -0.2) is 4.39 Å². The van der Waals surface area contributed by atoms with Crippen LogP contribution in [0.5, 0.6) is 0 Å². The number of carbonyl (C=O) groups excluding carboxylic acids is 2. The van der Waals surface area contributed by atoms with Gasteiger partial charge in [-0.1, -0.05) is 68.4 Å². The summed E-state index contributed by atoms with van der Waals surface area (Å²) in [4.78, 5) is 27.9. The molecule has 2 atom stereocenters. The monoisotopic (exact) mass is 448 g/mol. The SMILES string of the molecule is CC(C)C(NC(=O)Cc1ccc2ccccc2c1)C(=O)N1CCOC(c2cccc(F)c2)C1. The highest BCUT2D eigenvalue weighted by Crippen LogP contribution is 2.24. The van der Waals surface area contributed by atoms with Gasteiger partial charge in [-0.05, 0) is 39.9 Å². The first-order valence-corrected chi connectivity index (χ1v) is 11.3. The zero-order valence-electron chi connectivity index (χ0n) is 19.0. The predicted molar refractivity (Wildman–Crippen MR) is 126 cm³/mol. The van der Waals surface area contributed by atoms with E-state index in [4.69, 9.17) is 4.74 Å². The lowest BCUT2D eigenvalue weighted by atomic mass is 10.00. The summed E-state index contributed by atoms with van der Waals surface area (Å²) in [7, 11) is 0. The molecule has 0 spiro atoms. The van der Waals surface area contributed by atoms with Crippen molar-refractivity contribution in [3.63, 3.8) is 0 Å². The number of ether oxygens (including phenoxy) is 1. The Morgan fingerprint density at radius 3 is 2.61 bits per heavy atom. The van der Waals surface area contributed by atoms with Gasteiger partial charge in [0.1, 0.15) is 18.0 Å². The molecule has 1 saturated heterocycles. The lowest BCUT2D eigenvalue weighted by Gasteiger charge is -2.36. The van der Waals surface area contributed by atoms with Gasteiger partial charge in [0.05, 0.1) is 19.6 Å². The summed E-state index contributed by atoms with van der Waals surface area (Å²) in [5.74, 6) is -0.733. The molecule has 0 aliphatic carbocycles. The van der Waals surface area contributed by atoms with E-state index < -0.39 is 6.04 Å². The number of fused-ring (bicyclic) bond motifs is 1. The average molecular weight is 449 g/mol. The van der Waals surface area contributed by atoms with Gasteiger partial charge in [-0.3, -0.25) is 9.59 Å². The second-order valence-electron chi connectivity index (χ2n) is 8.85. The second-order valence-corrected chi connectivity index (χ2v) is 8.85. The van der Waals surface area contributed by atoms with Crippen LogP contribution in [0.2, 0.25) is 0 Å². The number of nitrogens with one attached hydrogen (secondary N) is 1. The topological polar surface area (TPSA) is 58.6 Å². The molecule has 0 saturated carbocycles. The molecular weight excluding hydrogens is 419 g/mol. The van der Waals surface area contributed by atoms with Gasteiger partial charge >= 0.3 is 0 Å². The Kier molecular flexibility index (Phi) is 7.04. The number of amides is 2. The lowest BCUT2D eigenvalue weighted by Crippen LogP contribution is -2.54. The van der Waals surface area contributed by atoms with Crippen LogP contribution in [0.15, 0.2) is 66.7 Å². The fraction of sp³-hybridized carbons (Fsp3) is 0.333. The van der Waals surface area contributed by atoms with Crippen LogP contribution in [-0.4, -0.2) is 42.5 Å². The van der Waals surface area contributed by atoms with Crippen molar-refractivity contribution in [1.29, 1.82) is 0 Å². The number of hydrogen-bond acceptors (Lipinski definition) is 3. The van der Waals surface area contributed by atoms with E-state index in [0.29, 0.717) is 25.3 Å². The van der Waals surface area contributed by atoms with Crippen molar-refractivity contribution in [2.45, 2.75) is 32.4 Å². The third-order valence-corrected chi connectivity index (χ3v) is 6.03. The van der Waals surface area contributed by atoms with Crippen LogP contribution in [0.1, 0.15) is 31.1 Å². The van der Waals surface area contributed by atoms with Crippen molar-refractivity contribution < 1.29 is 18.7 Å². The van der Waals surface area contributed by atoms with Gasteiger partial charge < -0.3 is 15.0 Å². The molecule has 1 aliphatic heterocycles. The molecule has 1 heterocycles. The van der Waals surface area contributed by atoms with Crippen LogP contribution >= 0.6 is 0 Å². The molecule has 2 unspecified atom stereocenters. The Morgan fingerprint density at radius 1 is 1.06 bits per heavy atom. The first-order chi connectivity index (χ1) is 15.9. The maximum atomic E-state index is 13.6. The van der Waals surface area contributed by atoms with E-state index in [1.54, 1.807) is 17.0 Å². The minimum absolute atomic E-state index is 0.0754. The Labute approximate surface area is 193 Å². The molecule has 1 fully saturated rings. The Hall–Kier alpha value is -3.25. The average Bonchev–Trinajstić information content (AvgIpc) is 2.82. The van der Waals surface area contributed by atoms with E-state index in [0.717, 1.165) is 16.3 Å². The second kappa shape index (κ2) is 10.1. The fourth-order valence-electron chi connectivity index (χ4n) is 4.23. The molecule has 2 amide bonds. The van der Waals surface area contributed by atoms with Gasteiger partial charge in [0.15, 0.2) is 0 Å². The largest absolute Gasteiger partial charge is 0.370 e. The zero-order chi connectivity index (χ0) is 23.4. The molecule has 5 nitrogen and oxygen atoms in total. The number of carbonyl (C=O) groups is 2. The Balaban J connectivity index is 1.42. The number of nitrogens with zero attached hydrogens (tertiary/aromatic N) is 1. The lowest BCUT2D eigenvalue weighted by molar-refractivity contribution is -0.144. The quantitative estimate of drug-likeness (QED) is 0.613. The highest BCUT2D eigenvalue weighted by molar-refractivity contribution is 5.90. The third-order valence-electron chi connectivity index (χ3n) is 6.03. The molecule has 3 aromatic rings. The molecule has 33 heavy (non-hydrogen) atoms. The number of hydrogen-bond donors (Lipinski definition) is 1. The molecule has 172 valence electrons. The molecule has 1 N–H and O–H groups in total. The molecular formula is C27H29FN2O3. The molecule has 3 aromatic carbocycles. The predicted octanol–water partition coefficient (Wildman–Crippen LogP) is 4.26. The van der Waals surface area contributed by atoms with Crippen molar-refractivity contribution in [3.8, 4) is 0 Å². The summed E-state index contributed by atoms with van der Waals surface area (Å²) < 4.78 is 19.4.